The molecule has 0 bridgehead atoms. The molecule has 1 heterocycles. The van der Waals surface area contributed by atoms with Crippen molar-refractivity contribution in [3.63, 3.8) is 0 Å². The van der Waals surface area contributed by atoms with Crippen LogP contribution in [-0.4, -0.2) is 34.3 Å². The predicted octanol–water partition coefficient (Wildman–Crippen LogP) is 1.69. The summed E-state index contributed by atoms with van der Waals surface area (Å²) in [6.45, 7) is 9.71. The van der Waals surface area contributed by atoms with E-state index in [1.165, 1.54) is 0 Å². The molecule has 2 unspecified atom stereocenters. The van der Waals surface area contributed by atoms with Gasteiger partial charge in [0.15, 0.2) is 0 Å². The molecule has 17 heavy (non-hydrogen) atoms. The van der Waals surface area contributed by atoms with Gasteiger partial charge in [0.25, 0.3) is 0 Å². The molecule has 1 aliphatic rings. The van der Waals surface area contributed by atoms with Crippen LogP contribution in [0.2, 0.25) is 0 Å². The number of rotatable bonds is 4. The second-order valence-electron chi connectivity index (χ2n) is 5.00. The largest absolute Gasteiger partial charge is 0.343 e. The van der Waals surface area contributed by atoms with E-state index in [9.17, 15) is 9.59 Å². The van der Waals surface area contributed by atoms with E-state index >= 15 is 0 Å². The average molecular weight is 240 g/mol. The Labute approximate surface area is 104 Å². The summed E-state index contributed by atoms with van der Waals surface area (Å²) in [5, 5.41) is 2.77. The molecule has 0 aliphatic carbocycles. The Hall–Kier alpha value is -1.06. The van der Waals surface area contributed by atoms with Gasteiger partial charge in [-0.2, -0.15) is 0 Å². The molecule has 1 aliphatic heterocycles. The summed E-state index contributed by atoms with van der Waals surface area (Å²) < 4.78 is 0. The van der Waals surface area contributed by atoms with Gasteiger partial charge < -0.3 is 10.2 Å². The van der Waals surface area contributed by atoms with Crippen molar-refractivity contribution in [3.05, 3.63) is 0 Å². The summed E-state index contributed by atoms with van der Waals surface area (Å²) in [6, 6.07) is -0.247. The minimum absolute atomic E-state index is 0.0287. The maximum atomic E-state index is 12.3. The third-order valence-electron chi connectivity index (χ3n) is 3.97. The number of hydrogen-bond donors (Lipinski definition) is 1. The van der Waals surface area contributed by atoms with E-state index in [4.69, 9.17) is 0 Å². The summed E-state index contributed by atoms with van der Waals surface area (Å²) in [5.41, 5.74) is -0.694. The first-order valence-electron chi connectivity index (χ1n) is 6.56. The first-order valence-corrected chi connectivity index (χ1v) is 6.56. The fraction of sp³-hybridized carbons (Fsp3) is 0.846. The lowest BCUT2D eigenvalue weighted by molar-refractivity contribution is -0.160. The standard InChI is InChI=1S/C13H24N2O2/c1-6-10(7-2)15-11(16)9(4)14-12(17)13(15,5)8-3/h9-10H,6-8H2,1-5H3,(H,14,17). The molecule has 1 N–H and O–H groups in total. The molecule has 0 saturated carbocycles. The quantitative estimate of drug-likeness (QED) is 0.813. The Morgan fingerprint density at radius 1 is 1.29 bits per heavy atom. The van der Waals surface area contributed by atoms with Gasteiger partial charge in [0.05, 0.1) is 0 Å². The van der Waals surface area contributed by atoms with Crippen LogP contribution in [0, 0.1) is 0 Å². The van der Waals surface area contributed by atoms with Gasteiger partial charge in [-0.3, -0.25) is 9.59 Å². The molecule has 4 nitrogen and oxygen atoms in total. The Morgan fingerprint density at radius 2 is 1.82 bits per heavy atom. The molecule has 1 fully saturated rings. The molecule has 1 saturated heterocycles. The van der Waals surface area contributed by atoms with E-state index in [0.29, 0.717) is 6.42 Å². The van der Waals surface area contributed by atoms with Crippen LogP contribution in [0.3, 0.4) is 0 Å². The maximum absolute atomic E-state index is 12.3. The van der Waals surface area contributed by atoms with Crippen molar-refractivity contribution < 1.29 is 9.59 Å². The van der Waals surface area contributed by atoms with E-state index in [2.05, 4.69) is 19.2 Å². The van der Waals surface area contributed by atoms with Gasteiger partial charge >= 0.3 is 0 Å². The second-order valence-corrected chi connectivity index (χ2v) is 5.00. The van der Waals surface area contributed by atoms with E-state index in [0.717, 1.165) is 12.8 Å². The summed E-state index contributed by atoms with van der Waals surface area (Å²) in [5.74, 6) is 0.0154. The molecule has 0 aromatic carbocycles. The number of nitrogens with zero attached hydrogens (tertiary/aromatic N) is 1. The second kappa shape index (κ2) is 5.07. The van der Waals surface area contributed by atoms with Gasteiger partial charge in [-0.15, -0.1) is 0 Å². The van der Waals surface area contributed by atoms with Crippen LogP contribution in [0.4, 0.5) is 0 Å². The van der Waals surface area contributed by atoms with E-state index < -0.39 is 11.6 Å². The molecule has 0 aromatic rings. The van der Waals surface area contributed by atoms with Gasteiger partial charge in [-0.1, -0.05) is 20.8 Å². The minimum Gasteiger partial charge on any atom is -0.343 e. The monoisotopic (exact) mass is 240 g/mol. The van der Waals surface area contributed by atoms with Crippen molar-refractivity contribution in [2.75, 3.05) is 0 Å². The highest BCUT2D eigenvalue weighted by molar-refractivity contribution is 5.99. The SMILES string of the molecule is CCC(CC)N1C(=O)C(C)NC(=O)C1(C)CC. The first-order chi connectivity index (χ1) is 7.92. The molecule has 0 radical (unpaired) electrons. The van der Waals surface area contributed by atoms with Gasteiger partial charge in [0.2, 0.25) is 11.8 Å². The fourth-order valence-corrected chi connectivity index (χ4v) is 2.54. The summed E-state index contributed by atoms with van der Waals surface area (Å²) in [6.07, 6.45) is 2.42. The maximum Gasteiger partial charge on any atom is 0.246 e. The zero-order chi connectivity index (χ0) is 13.2. The fourth-order valence-electron chi connectivity index (χ4n) is 2.54. The zero-order valence-corrected chi connectivity index (χ0v) is 11.5. The van der Waals surface area contributed by atoms with Gasteiger partial charge in [-0.05, 0) is 33.1 Å². The normalized spacial score (nSPS) is 29.8. The molecule has 98 valence electrons. The number of piperazine rings is 1. The van der Waals surface area contributed by atoms with Crippen molar-refractivity contribution >= 4 is 11.8 Å². The molecular formula is C13H24N2O2. The molecule has 0 aromatic heterocycles. The predicted molar refractivity (Wildman–Crippen MR) is 67.5 cm³/mol. The van der Waals surface area contributed by atoms with E-state index in [-0.39, 0.29) is 17.9 Å². The minimum atomic E-state index is -0.694. The van der Waals surface area contributed by atoms with Crippen molar-refractivity contribution in [2.45, 2.75) is 71.5 Å². The summed E-state index contributed by atoms with van der Waals surface area (Å²) in [4.78, 5) is 26.3. The van der Waals surface area contributed by atoms with Crippen LogP contribution in [0.15, 0.2) is 0 Å². The van der Waals surface area contributed by atoms with Crippen molar-refractivity contribution in [2.24, 2.45) is 0 Å². The van der Waals surface area contributed by atoms with Crippen LogP contribution < -0.4 is 5.32 Å². The smallest absolute Gasteiger partial charge is 0.246 e. The van der Waals surface area contributed by atoms with Crippen molar-refractivity contribution in [1.82, 2.24) is 10.2 Å². The summed E-state index contributed by atoms with van der Waals surface area (Å²) >= 11 is 0. The van der Waals surface area contributed by atoms with Crippen LogP contribution in [0.25, 0.3) is 0 Å². The Balaban J connectivity index is 3.15. The van der Waals surface area contributed by atoms with Crippen LogP contribution >= 0.6 is 0 Å². The Morgan fingerprint density at radius 3 is 2.24 bits per heavy atom. The van der Waals surface area contributed by atoms with Crippen molar-refractivity contribution in [1.29, 1.82) is 0 Å². The molecule has 0 spiro atoms. The number of carbonyl (C=O) groups excluding carboxylic acids is 2. The zero-order valence-electron chi connectivity index (χ0n) is 11.5. The van der Waals surface area contributed by atoms with Gasteiger partial charge in [-0.25, -0.2) is 0 Å². The Bertz CT molecular complexity index is 313. The van der Waals surface area contributed by atoms with Crippen LogP contribution in [-0.2, 0) is 9.59 Å². The van der Waals surface area contributed by atoms with Gasteiger partial charge in [0, 0.05) is 6.04 Å². The number of amides is 2. The first kappa shape index (κ1) is 14.0. The molecule has 2 amide bonds. The van der Waals surface area contributed by atoms with E-state index in [1.54, 1.807) is 6.92 Å². The number of nitrogens with one attached hydrogen (secondary N) is 1. The average Bonchev–Trinajstić information content (AvgIpc) is 2.32. The summed E-state index contributed by atoms with van der Waals surface area (Å²) in [7, 11) is 0. The van der Waals surface area contributed by atoms with E-state index in [1.807, 2.05) is 18.7 Å². The highest BCUT2D eigenvalue weighted by Gasteiger charge is 2.48. The third kappa shape index (κ3) is 2.17. The number of hydrogen-bond acceptors (Lipinski definition) is 2. The van der Waals surface area contributed by atoms with Crippen LogP contribution in [0.1, 0.15) is 53.9 Å². The molecule has 2 atom stereocenters. The highest BCUT2D eigenvalue weighted by Crippen LogP contribution is 2.29. The lowest BCUT2D eigenvalue weighted by Gasteiger charge is -2.49. The Kier molecular flexibility index (Phi) is 4.17. The van der Waals surface area contributed by atoms with Gasteiger partial charge in [0.1, 0.15) is 11.6 Å². The topological polar surface area (TPSA) is 49.4 Å². The molecule has 1 rings (SSSR count). The van der Waals surface area contributed by atoms with Crippen LogP contribution in [0.5, 0.6) is 0 Å². The highest BCUT2D eigenvalue weighted by atomic mass is 16.2. The number of carbonyl (C=O) groups is 2. The lowest BCUT2D eigenvalue weighted by atomic mass is 9.88. The molecular weight excluding hydrogens is 216 g/mol. The molecule has 4 heteroatoms. The lowest BCUT2D eigenvalue weighted by Crippen LogP contribution is -2.70. The third-order valence-corrected chi connectivity index (χ3v) is 3.97. The van der Waals surface area contributed by atoms with Crippen molar-refractivity contribution in [3.8, 4) is 0 Å².